The molecule has 2 nitrogen and oxygen atoms in total. The molecule has 1 aromatic rings. The summed E-state index contributed by atoms with van der Waals surface area (Å²) in [5.74, 6) is 0.981. The first-order chi connectivity index (χ1) is 7.76. The first kappa shape index (κ1) is 13.1. The summed E-state index contributed by atoms with van der Waals surface area (Å²) in [4.78, 5) is 1.29. The molecule has 0 aliphatic rings. The molecular weight excluding hydrogens is 216 g/mol. The van der Waals surface area contributed by atoms with Crippen LogP contribution in [0.3, 0.4) is 0 Å². The van der Waals surface area contributed by atoms with Crippen molar-refractivity contribution < 1.29 is 0 Å². The van der Waals surface area contributed by atoms with Crippen molar-refractivity contribution in [2.45, 2.75) is 31.2 Å². The second kappa shape index (κ2) is 7.32. The zero-order chi connectivity index (χ0) is 11.8. The number of aryl methyl sites for hydroxylation is 1. The normalized spacial score (nSPS) is 12.1. The topological polar surface area (TPSA) is 35.8 Å². The number of hydrogen-bond donors (Lipinski definition) is 1. The third-order valence-corrected chi connectivity index (χ3v) is 3.30. The zero-order valence-corrected chi connectivity index (χ0v) is 10.7. The molecule has 0 heterocycles. The Bertz CT molecular complexity index is 357. The van der Waals surface area contributed by atoms with Gasteiger partial charge in [-0.05, 0) is 32.0 Å². The fourth-order valence-electron chi connectivity index (χ4n) is 1.46. The third kappa shape index (κ3) is 4.69. The Hall–Kier alpha value is -0.980. The molecule has 0 amide bonds. The van der Waals surface area contributed by atoms with E-state index < -0.39 is 0 Å². The van der Waals surface area contributed by atoms with Gasteiger partial charge in [0.2, 0.25) is 0 Å². The van der Waals surface area contributed by atoms with Gasteiger partial charge < -0.3 is 5.32 Å². The lowest BCUT2D eigenvalue weighted by molar-refractivity contribution is 0.613. The highest BCUT2D eigenvalue weighted by Crippen LogP contribution is 2.20. The van der Waals surface area contributed by atoms with Crippen LogP contribution in [0, 0.1) is 18.3 Å². The van der Waals surface area contributed by atoms with Gasteiger partial charge in [0.25, 0.3) is 0 Å². The SMILES string of the molecule is CCNC(C#N)CCSc1cccc(C)c1. The maximum atomic E-state index is 8.88. The minimum Gasteiger partial charge on any atom is -0.302 e. The first-order valence-electron chi connectivity index (χ1n) is 5.58. The Morgan fingerprint density at radius 3 is 2.94 bits per heavy atom. The summed E-state index contributed by atoms with van der Waals surface area (Å²) in [7, 11) is 0. The van der Waals surface area contributed by atoms with Crippen molar-refractivity contribution in [2.24, 2.45) is 0 Å². The van der Waals surface area contributed by atoms with Crippen LogP contribution in [-0.4, -0.2) is 18.3 Å². The number of thioether (sulfide) groups is 1. The van der Waals surface area contributed by atoms with Gasteiger partial charge >= 0.3 is 0 Å². The van der Waals surface area contributed by atoms with Crippen molar-refractivity contribution >= 4 is 11.8 Å². The highest BCUT2D eigenvalue weighted by Gasteiger charge is 2.04. The van der Waals surface area contributed by atoms with Crippen molar-refractivity contribution in [1.29, 1.82) is 5.26 Å². The smallest absolute Gasteiger partial charge is 0.0960 e. The van der Waals surface area contributed by atoms with E-state index >= 15 is 0 Å². The fourth-order valence-corrected chi connectivity index (χ4v) is 2.49. The van der Waals surface area contributed by atoms with Gasteiger partial charge in [0.05, 0.1) is 12.1 Å². The van der Waals surface area contributed by atoms with Crippen LogP contribution in [0.2, 0.25) is 0 Å². The summed E-state index contributed by atoms with van der Waals surface area (Å²) in [6.45, 7) is 4.98. The van der Waals surface area contributed by atoms with Crippen molar-refractivity contribution in [3.05, 3.63) is 29.8 Å². The van der Waals surface area contributed by atoms with Crippen molar-refractivity contribution in [3.8, 4) is 6.07 Å². The molecule has 0 aliphatic carbocycles. The molecule has 86 valence electrons. The van der Waals surface area contributed by atoms with Gasteiger partial charge in [0.15, 0.2) is 0 Å². The minimum absolute atomic E-state index is 0.0118. The lowest BCUT2D eigenvalue weighted by atomic mass is 10.2. The van der Waals surface area contributed by atoms with Crippen LogP contribution < -0.4 is 5.32 Å². The summed E-state index contributed by atoms with van der Waals surface area (Å²) in [5.41, 5.74) is 1.29. The van der Waals surface area contributed by atoms with Gasteiger partial charge in [-0.15, -0.1) is 11.8 Å². The van der Waals surface area contributed by atoms with E-state index in [0.717, 1.165) is 18.7 Å². The summed E-state index contributed by atoms with van der Waals surface area (Å²) < 4.78 is 0. The maximum Gasteiger partial charge on any atom is 0.0960 e. The Morgan fingerprint density at radius 2 is 2.31 bits per heavy atom. The molecule has 1 N–H and O–H groups in total. The quantitative estimate of drug-likeness (QED) is 0.769. The monoisotopic (exact) mass is 234 g/mol. The molecule has 0 spiro atoms. The average Bonchev–Trinajstić information content (AvgIpc) is 2.28. The number of nitriles is 1. The summed E-state index contributed by atoms with van der Waals surface area (Å²) in [5, 5.41) is 12.0. The van der Waals surface area contributed by atoms with Gasteiger partial charge in [-0.2, -0.15) is 5.26 Å². The van der Waals surface area contributed by atoms with Gasteiger partial charge in [0, 0.05) is 10.6 Å². The molecule has 16 heavy (non-hydrogen) atoms. The second-order valence-corrected chi connectivity index (χ2v) is 4.86. The van der Waals surface area contributed by atoms with E-state index in [1.165, 1.54) is 10.5 Å². The molecule has 3 heteroatoms. The Kier molecular flexibility index (Phi) is 5.99. The number of rotatable bonds is 6. The lowest BCUT2D eigenvalue weighted by Crippen LogP contribution is -2.27. The van der Waals surface area contributed by atoms with Crippen LogP contribution in [0.15, 0.2) is 29.2 Å². The van der Waals surface area contributed by atoms with Crippen LogP contribution >= 0.6 is 11.8 Å². The summed E-state index contributed by atoms with van der Waals surface area (Å²) >= 11 is 1.81. The van der Waals surface area contributed by atoms with Crippen molar-refractivity contribution in [1.82, 2.24) is 5.32 Å². The highest BCUT2D eigenvalue weighted by molar-refractivity contribution is 7.99. The highest BCUT2D eigenvalue weighted by atomic mass is 32.2. The van der Waals surface area contributed by atoms with Crippen LogP contribution in [-0.2, 0) is 0 Å². The number of hydrogen-bond acceptors (Lipinski definition) is 3. The third-order valence-electron chi connectivity index (χ3n) is 2.27. The fraction of sp³-hybridized carbons (Fsp3) is 0.462. The summed E-state index contributed by atoms with van der Waals surface area (Å²) in [6, 6.07) is 10.7. The van der Waals surface area contributed by atoms with Crippen LogP contribution in [0.25, 0.3) is 0 Å². The lowest BCUT2D eigenvalue weighted by Gasteiger charge is -2.09. The van der Waals surface area contributed by atoms with E-state index in [0.29, 0.717) is 0 Å². The number of benzene rings is 1. The molecule has 0 aliphatic heterocycles. The molecule has 1 unspecified atom stereocenters. The van der Waals surface area contributed by atoms with Gasteiger partial charge in [0.1, 0.15) is 0 Å². The van der Waals surface area contributed by atoms with E-state index in [-0.39, 0.29) is 6.04 Å². The van der Waals surface area contributed by atoms with Crippen molar-refractivity contribution in [3.63, 3.8) is 0 Å². The van der Waals surface area contributed by atoms with Gasteiger partial charge in [-0.25, -0.2) is 0 Å². The Morgan fingerprint density at radius 1 is 1.50 bits per heavy atom. The van der Waals surface area contributed by atoms with Crippen molar-refractivity contribution in [2.75, 3.05) is 12.3 Å². The van der Waals surface area contributed by atoms with Gasteiger partial charge in [-0.1, -0.05) is 24.6 Å². The molecule has 1 aromatic carbocycles. The molecular formula is C13H18N2S. The van der Waals surface area contributed by atoms with E-state index in [1.54, 1.807) is 0 Å². The standard InChI is InChI=1S/C13H18N2S/c1-3-15-12(10-14)7-8-16-13-6-4-5-11(2)9-13/h4-6,9,12,15H,3,7-8H2,1-2H3. The largest absolute Gasteiger partial charge is 0.302 e. The molecule has 0 fully saturated rings. The van der Waals surface area contributed by atoms with E-state index in [1.807, 2.05) is 18.7 Å². The molecule has 0 radical (unpaired) electrons. The molecule has 1 atom stereocenters. The molecule has 0 aromatic heterocycles. The predicted octanol–water partition coefficient (Wildman–Crippen LogP) is 2.98. The second-order valence-electron chi connectivity index (χ2n) is 3.69. The molecule has 1 rings (SSSR count). The van der Waals surface area contributed by atoms with E-state index in [2.05, 4.69) is 42.6 Å². The van der Waals surface area contributed by atoms with Gasteiger partial charge in [-0.3, -0.25) is 0 Å². The predicted molar refractivity (Wildman–Crippen MR) is 69.6 cm³/mol. The summed E-state index contributed by atoms with van der Waals surface area (Å²) in [6.07, 6.45) is 0.892. The number of nitrogens with zero attached hydrogens (tertiary/aromatic N) is 1. The maximum absolute atomic E-state index is 8.88. The van der Waals surface area contributed by atoms with Crippen LogP contribution in [0.4, 0.5) is 0 Å². The van der Waals surface area contributed by atoms with E-state index in [9.17, 15) is 0 Å². The Balaban J connectivity index is 2.32. The molecule has 0 saturated carbocycles. The van der Waals surface area contributed by atoms with Crippen LogP contribution in [0.5, 0.6) is 0 Å². The molecule has 0 saturated heterocycles. The minimum atomic E-state index is -0.0118. The Labute approximate surface area is 102 Å². The number of nitrogens with one attached hydrogen (secondary N) is 1. The van der Waals surface area contributed by atoms with Crippen LogP contribution in [0.1, 0.15) is 18.9 Å². The zero-order valence-electron chi connectivity index (χ0n) is 9.86. The average molecular weight is 234 g/mol. The molecule has 0 bridgehead atoms. The first-order valence-corrected chi connectivity index (χ1v) is 6.57. The van der Waals surface area contributed by atoms with E-state index in [4.69, 9.17) is 5.26 Å².